The number of hydrogen-bond donors (Lipinski definition) is 2. The molecule has 25 heavy (non-hydrogen) atoms. The van der Waals surface area contributed by atoms with Gasteiger partial charge in [-0.15, -0.1) is 0 Å². The Morgan fingerprint density at radius 1 is 1.32 bits per heavy atom. The van der Waals surface area contributed by atoms with Gasteiger partial charge in [-0.05, 0) is 42.0 Å². The minimum atomic E-state index is -0.664. The molecule has 1 heterocycles. The first-order valence-corrected chi connectivity index (χ1v) is 7.81. The van der Waals surface area contributed by atoms with Crippen LogP contribution in [0.3, 0.4) is 0 Å². The van der Waals surface area contributed by atoms with Gasteiger partial charge < -0.3 is 15.4 Å². The number of amides is 3. The number of hydrogen-bond acceptors (Lipinski definition) is 3. The van der Waals surface area contributed by atoms with Gasteiger partial charge in [-0.2, -0.15) is 0 Å². The number of urea groups is 1. The maximum atomic E-state index is 13.2. The summed E-state index contributed by atoms with van der Waals surface area (Å²) in [5.41, 5.74) is 1.34. The zero-order valence-corrected chi connectivity index (χ0v) is 13.7. The van der Waals surface area contributed by atoms with E-state index in [9.17, 15) is 14.0 Å². The first-order chi connectivity index (χ1) is 12.1. The van der Waals surface area contributed by atoms with Crippen molar-refractivity contribution in [3.8, 4) is 5.75 Å². The lowest BCUT2D eigenvalue weighted by Gasteiger charge is -2.15. The Labute approximate surface area is 144 Å². The van der Waals surface area contributed by atoms with E-state index in [2.05, 4.69) is 10.6 Å². The van der Waals surface area contributed by atoms with Gasteiger partial charge in [-0.1, -0.05) is 12.1 Å². The Hall–Kier alpha value is -3.09. The number of benzene rings is 2. The molecule has 1 unspecified atom stereocenters. The van der Waals surface area contributed by atoms with E-state index in [4.69, 9.17) is 4.74 Å². The fraction of sp³-hybridized carbons (Fsp3) is 0.222. The standard InChI is InChI=1S/C18H18FN3O3/c1-25-15-7-5-14(6-8-15)22-11-16(21-18(22)24)17(23)20-10-12-3-2-4-13(19)9-12/h2-9,16H,10-11H2,1H3,(H,20,23)(H,21,24). The number of nitrogens with zero attached hydrogens (tertiary/aromatic N) is 1. The van der Waals surface area contributed by atoms with Crippen LogP contribution in [0.2, 0.25) is 0 Å². The molecule has 0 bridgehead atoms. The van der Waals surface area contributed by atoms with Crippen molar-refractivity contribution in [3.63, 3.8) is 0 Å². The van der Waals surface area contributed by atoms with Crippen molar-refractivity contribution < 1.29 is 18.7 Å². The molecule has 2 N–H and O–H groups in total. The molecule has 3 amide bonds. The highest BCUT2D eigenvalue weighted by molar-refractivity contribution is 6.00. The Morgan fingerprint density at radius 2 is 2.08 bits per heavy atom. The number of carbonyl (C=O) groups excluding carboxylic acids is 2. The van der Waals surface area contributed by atoms with E-state index in [0.717, 1.165) is 0 Å². The van der Waals surface area contributed by atoms with Crippen molar-refractivity contribution in [3.05, 3.63) is 59.9 Å². The van der Waals surface area contributed by atoms with Crippen LogP contribution in [0.15, 0.2) is 48.5 Å². The second kappa shape index (κ2) is 7.21. The summed E-state index contributed by atoms with van der Waals surface area (Å²) in [7, 11) is 1.57. The molecule has 1 fully saturated rings. The van der Waals surface area contributed by atoms with Crippen molar-refractivity contribution in [1.29, 1.82) is 0 Å². The number of halogens is 1. The molecule has 0 spiro atoms. The van der Waals surface area contributed by atoms with Gasteiger partial charge in [0, 0.05) is 12.2 Å². The van der Waals surface area contributed by atoms with Crippen LogP contribution in [0.1, 0.15) is 5.56 Å². The molecule has 0 aliphatic carbocycles. The molecule has 6 nitrogen and oxygen atoms in total. The van der Waals surface area contributed by atoms with Gasteiger partial charge in [0.2, 0.25) is 5.91 Å². The summed E-state index contributed by atoms with van der Waals surface area (Å²) in [5.74, 6) is 0.0213. The van der Waals surface area contributed by atoms with Crippen LogP contribution in [0, 0.1) is 5.82 Å². The molecule has 1 aliphatic rings. The van der Waals surface area contributed by atoms with E-state index in [1.165, 1.54) is 17.0 Å². The molecule has 3 rings (SSSR count). The predicted molar refractivity (Wildman–Crippen MR) is 90.9 cm³/mol. The normalized spacial score (nSPS) is 16.5. The van der Waals surface area contributed by atoms with Crippen molar-refractivity contribution in [2.45, 2.75) is 12.6 Å². The van der Waals surface area contributed by atoms with Crippen LogP contribution in [0.4, 0.5) is 14.9 Å². The van der Waals surface area contributed by atoms with Gasteiger partial charge >= 0.3 is 6.03 Å². The minimum absolute atomic E-state index is 0.200. The molecule has 1 atom stereocenters. The molecule has 1 aliphatic heterocycles. The van der Waals surface area contributed by atoms with E-state index in [1.54, 1.807) is 43.5 Å². The molecule has 7 heteroatoms. The first-order valence-electron chi connectivity index (χ1n) is 7.81. The van der Waals surface area contributed by atoms with E-state index < -0.39 is 6.04 Å². The molecular weight excluding hydrogens is 325 g/mol. The van der Waals surface area contributed by atoms with Gasteiger partial charge in [0.15, 0.2) is 0 Å². The first kappa shape index (κ1) is 16.8. The zero-order chi connectivity index (χ0) is 17.8. The van der Waals surface area contributed by atoms with Crippen molar-refractivity contribution >= 4 is 17.6 Å². The smallest absolute Gasteiger partial charge is 0.322 e. The summed E-state index contributed by atoms with van der Waals surface area (Å²) in [6, 6.07) is 12.0. The van der Waals surface area contributed by atoms with Gasteiger partial charge in [0.25, 0.3) is 0 Å². The van der Waals surface area contributed by atoms with Crippen molar-refractivity contribution in [1.82, 2.24) is 10.6 Å². The average Bonchev–Trinajstić information content (AvgIpc) is 3.02. The molecule has 1 saturated heterocycles. The van der Waals surface area contributed by atoms with Gasteiger partial charge in [0.1, 0.15) is 17.6 Å². The maximum absolute atomic E-state index is 13.2. The third kappa shape index (κ3) is 3.88. The summed E-state index contributed by atoms with van der Waals surface area (Å²) in [6.07, 6.45) is 0. The van der Waals surface area contributed by atoms with Gasteiger partial charge in [-0.3, -0.25) is 9.69 Å². The van der Waals surface area contributed by atoms with E-state index in [-0.39, 0.29) is 30.8 Å². The second-order valence-corrected chi connectivity index (χ2v) is 5.66. The summed E-state index contributed by atoms with van der Waals surface area (Å²) < 4.78 is 18.2. The maximum Gasteiger partial charge on any atom is 0.322 e. The van der Waals surface area contributed by atoms with Crippen LogP contribution in [-0.2, 0) is 11.3 Å². The third-order valence-corrected chi connectivity index (χ3v) is 3.96. The minimum Gasteiger partial charge on any atom is -0.497 e. The average molecular weight is 343 g/mol. The van der Waals surface area contributed by atoms with E-state index >= 15 is 0 Å². The number of ether oxygens (including phenoxy) is 1. The van der Waals surface area contributed by atoms with Gasteiger partial charge in [-0.25, -0.2) is 9.18 Å². The lowest BCUT2D eigenvalue weighted by molar-refractivity contribution is -0.122. The number of nitrogens with one attached hydrogen (secondary N) is 2. The summed E-state index contributed by atoms with van der Waals surface area (Å²) in [5, 5.41) is 5.36. The molecule has 0 saturated carbocycles. The molecular formula is C18H18FN3O3. The topological polar surface area (TPSA) is 70.7 Å². The number of anilines is 1. The Bertz CT molecular complexity index is 779. The largest absolute Gasteiger partial charge is 0.497 e. The highest BCUT2D eigenvalue weighted by Crippen LogP contribution is 2.21. The zero-order valence-electron chi connectivity index (χ0n) is 13.7. The highest BCUT2D eigenvalue weighted by Gasteiger charge is 2.34. The predicted octanol–water partition coefficient (Wildman–Crippen LogP) is 2.05. The monoisotopic (exact) mass is 343 g/mol. The second-order valence-electron chi connectivity index (χ2n) is 5.66. The fourth-order valence-electron chi connectivity index (χ4n) is 2.63. The molecule has 130 valence electrons. The summed E-state index contributed by atoms with van der Waals surface area (Å²) >= 11 is 0. The van der Waals surface area contributed by atoms with E-state index in [1.807, 2.05) is 0 Å². The van der Waals surface area contributed by atoms with Crippen LogP contribution < -0.4 is 20.3 Å². The van der Waals surface area contributed by atoms with Crippen LogP contribution >= 0.6 is 0 Å². The number of rotatable bonds is 5. The van der Waals surface area contributed by atoms with Crippen LogP contribution in [0.25, 0.3) is 0 Å². The van der Waals surface area contributed by atoms with Crippen molar-refractivity contribution in [2.24, 2.45) is 0 Å². The molecule has 2 aromatic carbocycles. The number of carbonyl (C=O) groups is 2. The Morgan fingerprint density at radius 3 is 2.76 bits per heavy atom. The third-order valence-electron chi connectivity index (χ3n) is 3.96. The Balaban J connectivity index is 1.60. The SMILES string of the molecule is COc1ccc(N2CC(C(=O)NCc3cccc(F)c3)NC2=O)cc1. The van der Waals surface area contributed by atoms with Gasteiger partial charge in [0.05, 0.1) is 13.7 Å². The summed E-state index contributed by atoms with van der Waals surface area (Å²) in [6.45, 7) is 0.422. The highest BCUT2D eigenvalue weighted by atomic mass is 19.1. The molecule has 0 aromatic heterocycles. The lowest BCUT2D eigenvalue weighted by atomic mass is 10.2. The van der Waals surface area contributed by atoms with E-state index in [0.29, 0.717) is 17.0 Å². The lowest BCUT2D eigenvalue weighted by Crippen LogP contribution is -2.42. The van der Waals surface area contributed by atoms with Crippen LogP contribution in [0.5, 0.6) is 5.75 Å². The van der Waals surface area contributed by atoms with Crippen LogP contribution in [-0.4, -0.2) is 31.6 Å². The fourth-order valence-corrected chi connectivity index (χ4v) is 2.63. The molecule has 0 radical (unpaired) electrons. The quantitative estimate of drug-likeness (QED) is 0.873. The Kier molecular flexibility index (Phi) is 4.83. The summed E-state index contributed by atoms with van der Waals surface area (Å²) in [4.78, 5) is 25.9. The molecule has 2 aromatic rings. The van der Waals surface area contributed by atoms with Crippen molar-refractivity contribution in [2.75, 3.05) is 18.6 Å². The number of methoxy groups -OCH3 is 1.